The Morgan fingerprint density at radius 2 is 1.91 bits per heavy atom. The summed E-state index contributed by atoms with van der Waals surface area (Å²) < 4.78 is 22.2. The Morgan fingerprint density at radius 1 is 1.15 bits per heavy atom. The molecular formula is C25H27FN4O3S. The molecule has 1 amide bonds. The quantitative estimate of drug-likeness (QED) is 0.336. The van der Waals surface area contributed by atoms with Crippen molar-refractivity contribution < 1.29 is 18.7 Å². The van der Waals surface area contributed by atoms with E-state index in [-0.39, 0.29) is 29.0 Å². The molecule has 2 aromatic carbocycles. The Hall–Kier alpha value is -3.20. The van der Waals surface area contributed by atoms with Crippen molar-refractivity contribution in [3.05, 3.63) is 53.8 Å². The van der Waals surface area contributed by atoms with Crippen LogP contribution in [0.4, 0.5) is 10.1 Å². The predicted molar refractivity (Wildman–Crippen MR) is 130 cm³/mol. The highest BCUT2D eigenvalue weighted by Crippen LogP contribution is 2.38. The molecule has 1 heterocycles. The average Bonchev–Trinajstić information content (AvgIpc) is 3.26. The van der Waals surface area contributed by atoms with Crippen molar-refractivity contribution in [2.75, 3.05) is 18.2 Å². The highest BCUT2D eigenvalue weighted by Gasteiger charge is 2.26. The maximum absolute atomic E-state index is 14.5. The molecule has 1 saturated carbocycles. The summed E-state index contributed by atoms with van der Waals surface area (Å²) in [4.78, 5) is 24.0. The molecule has 0 atom stereocenters. The Labute approximate surface area is 202 Å². The van der Waals surface area contributed by atoms with Crippen molar-refractivity contribution in [2.45, 2.75) is 50.2 Å². The predicted octanol–water partition coefficient (Wildman–Crippen LogP) is 5.53. The first kappa shape index (κ1) is 23.9. The van der Waals surface area contributed by atoms with Crippen LogP contribution in [0.15, 0.2) is 47.6 Å². The molecule has 0 bridgehead atoms. The number of anilines is 1. The van der Waals surface area contributed by atoms with Gasteiger partial charge in [0.05, 0.1) is 24.0 Å². The molecule has 178 valence electrons. The second-order valence-electron chi connectivity index (χ2n) is 8.26. The number of para-hydroxylation sites is 1. The van der Waals surface area contributed by atoms with Gasteiger partial charge in [-0.2, -0.15) is 0 Å². The first-order valence-electron chi connectivity index (χ1n) is 11.3. The van der Waals surface area contributed by atoms with Gasteiger partial charge in [0.1, 0.15) is 11.6 Å². The Morgan fingerprint density at radius 3 is 2.62 bits per heavy atom. The summed E-state index contributed by atoms with van der Waals surface area (Å²) in [6.07, 6.45) is 5.49. The molecule has 4 rings (SSSR count). The van der Waals surface area contributed by atoms with Crippen molar-refractivity contribution >= 4 is 29.1 Å². The van der Waals surface area contributed by atoms with E-state index in [4.69, 9.17) is 4.74 Å². The van der Waals surface area contributed by atoms with E-state index >= 15 is 0 Å². The molecule has 1 aliphatic rings. The topological polar surface area (TPSA) is 86.1 Å². The zero-order chi connectivity index (χ0) is 24.1. The van der Waals surface area contributed by atoms with Crippen LogP contribution in [-0.2, 0) is 4.79 Å². The molecule has 3 aromatic rings. The van der Waals surface area contributed by atoms with Crippen molar-refractivity contribution in [1.29, 1.82) is 0 Å². The molecule has 1 fully saturated rings. The number of aromatic nitrogens is 3. The number of halogens is 1. The van der Waals surface area contributed by atoms with Crippen LogP contribution in [-0.4, -0.2) is 39.3 Å². The average molecular weight is 483 g/mol. The highest BCUT2D eigenvalue weighted by atomic mass is 32.2. The summed E-state index contributed by atoms with van der Waals surface area (Å²) in [6, 6.07) is 12.0. The molecule has 34 heavy (non-hydrogen) atoms. The van der Waals surface area contributed by atoms with Crippen molar-refractivity contribution in [3.63, 3.8) is 0 Å². The number of thioether (sulfide) groups is 1. The zero-order valence-corrected chi connectivity index (χ0v) is 20.0. The fourth-order valence-corrected chi connectivity index (χ4v) is 5.18. The number of methoxy groups -OCH3 is 1. The third-order valence-corrected chi connectivity index (χ3v) is 6.82. The molecule has 0 aliphatic heterocycles. The van der Waals surface area contributed by atoms with Gasteiger partial charge in [0.15, 0.2) is 16.8 Å². The lowest BCUT2D eigenvalue weighted by Gasteiger charge is -2.26. The number of carbonyl (C=O) groups is 2. The number of ether oxygens (including phenoxy) is 1. The van der Waals surface area contributed by atoms with E-state index in [1.807, 2.05) is 24.3 Å². The lowest BCUT2D eigenvalue weighted by atomic mass is 9.95. The number of Topliss-reactive ketones (excluding diaryl/α,β-unsaturated/α-hetero) is 1. The monoisotopic (exact) mass is 482 g/mol. The van der Waals surface area contributed by atoms with Gasteiger partial charge in [0, 0.05) is 18.7 Å². The summed E-state index contributed by atoms with van der Waals surface area (Å²) in [5, 5.41) is 12.0. The number of amides is 1. The second-order valence-corrected chi connectivity index (χ2v) is 9.20. The summed E-state index contributed by atoms with van der Waals surface area (Å²) in [6.45, 7) is 1.34. The van der Waals surface area contributed by atoms with Crippen LogP contribution in [0.3, 0.4) is 0 Å². The number of nitrogens with zero attached hydrogens (tertiary/aromatic N) is 3. The van der Waals surface area contributed by atoms with Gasteiger partial charge in [0.25, 0.3) is 0 Å². The maximum atomic E-state index is 14.5. The minimum absolute atomic E-state index is 0.0183. The maximum Gasteiger partial charge on any atom is 0.221 e. The minimum atomic E-state index is -0.666. The van der Waals surface area contributed by atoms with Crippen LogP contribution in [0.1, 0.15) is 55.4 Å². The van der Waals surface area contributed by atoms with Gasteiger partial charge in [-0.05, 0) is 43.2 Å². The van der Waals surface area contributed by atoms with Crippen molar-refractivity contribution in [1.82, 2.24) is 14.8 Å². The normalized spacial score (nSPS) is 14.1. The van der Waals surface area contributed by atoms with E-state index in [0.717, 1.165) is 37.3 Å². The van der Waals surface area contributed by atoms with E-state index in [0.29, 0.717) is 22.4 Å². The SMILES string of the molecule is COc1ccccc1-c1nnc(SCC(=O)c2ccc(NC(C)=O)cc2F)n1C1CCCCC1. The largest absolute Gasteiger partial charge is 0.496 e. The number of hydrogen-bond acceptors (Lipinski definition) is 6. The molecule has 0 unspecified atom stereocenters. The van der Waals surface area contributed by atoms with Crippen LogP contribution in [0.5, 0.6) is 5.75 Å². The zero-order valence-electron chi connectivity index (χ0n) is 19.2. The molecule has 0 spiro atoms. The standard InChI is InChI=1S/C25H27FN4O3S/c1-16(31)27-17-12-13-19(21(26)14-17)22(32)15-34-25-29-28-24(20-10-6-7-11-23(20)33-2)30(25)18-8-4-3-5-9-18/h6-7,10-14,18H,3-5,8-9,15H2,1-2H3,(H,27,31). The number of rotatable bonds is 8. The van der Waals surface area contributed by atoms with E-state index in [2.05, 4.69) is 20.1 Å². The summed E-state index contributed by atoms with van der Waals surface area (Å²) in [5.74, 6) is 0.120. The molecule has 7 nitrogen and oxygen atoms in total. The fraction of sp³-hybridized carbons (Fsp3) is 0.360. The van der Waals surface area contributed by atoms with E-state index < -0.39 is 5.82 Å². The van der Waals surface area contributed by atoms with E-state index in [9.17, 15) is 14.0 Å². The molecule has 1 aliphatic carbocycles. The van der Waals surface area contributed by atoms with Crippen LogP contribution in [0.2, 0.25) is 0 Å². The highest BCUT2D eigenvalue weighted by molar-refractivity contribution is 7.99. The number of benzene rings is 2. The molecular weight excluding hydrogens is 455 g/mol. The van der Waals surface area contributed by atoms with Crippen LogP contribution >= 0.6 is 11.8 Å². The van der Waals surface area contributed by atoms with Gasteiger partial charge in [-0.15, -0.1) is 10.2 Å². The van der Waals surface area contributed by atoms with Gasteiger partial charge < -0.3 is 10.1 Å². The molecule has 9 heteroatoms. The summed E-state index contributed by atoms with van der Waals surface area (Å²) in [5.41, 5.74) is 1.14. The summed E-state index contributed by atoms with van der Waals surface area (Å²) in [7, 11) is 1.63. The summed E-state index contributed by atoms with van der Waals surface area (Å²) >= 11 is 1.26. The Kier molecular flexibility index (Phi) is 7.62. The van der Waals surface area contributed by atoms with Crippen molar-refractivity contribution in [3.8, 4) is 17.1 Å². The molecule has 1 aromatic heterocycles. The lowest BCUT2D eigenvalue weighted by Crippen LogP contribution is -2.16. The van der Waals surface area contributed by atoms with Crippen LogP contribution in [0.25, 0.3) is 11.4 Å². The fourth-order valence-electron chi connectivity index (χ4n) is 4.29. The third-order valence-electron chi connectivity index (χ3n) is 5.87. The van der Waals surface area contributed by atoms with Gasteiger partial charge in [0.2, 0.25) is 5.91 Å². The lowest BCUT2D eigenvalue weighted by molar-refractivity contribution is -0.114. The second kappa shape index (κ2) is 10.8. The van der Waals surface area contributed by atoms with Crippen LogP contribution in [0, 0.1) is 5.82 Å². The number of ketones is 1. The molecule has 0 radical (unpaired) electrons. The minimum Gasteiger partial charge on any atom is -0.496 e. The van der Waals surface area contributed by atoms with E-state index in [1.54, 1.807) is 7.11 Å². The smallest absolute Gasteiger partial charge is 0.221 e. The number of nitrogens with one attached hydrogen (secondary N) is 1. The van der Waals surface area contributed by atoms with E-state index in [1.165, 1.54) is 37.2 Å². The van der Waals surface area contributed by atoms with Gasteiger partial charge in [-0.1, -0.05) is 43.2 Å². The van der Waals surface area contributed by atoms with Crippen LogP contribution < -0.4 is 10.1 Å². The third kappa shape index (κ3) is 5.30. The van der Waals surface area contributed by atoms with Crippen molar-refractivity contribution in [2.24, 2.45) is 0 Å². The Balaban J connectivity index is 1.59. The molecule has 1 N–H and O–H groups in total. The molecule has 0 saturated heterocycles. The van der Waals surface area contributed by atoms with Gasteiger partial charge in [-0.3, -0.25) is 14.2 Å². The Bertz CT molecular complexity index is 1190. The van der Waals surface area contributed by atoms with Gasteiger partial charge in [-0.25, -0.2) is 4.39 Å². The number of hydrogen-bond donors (Lipinski definition) is 1. The first-order chi connectivity index (χ1) is 16.5. The van der Waals surface area contributed by atoms with Gasteiger partial charge >= 0.3 is 0 Å². The number of carbonyl (C=O) groups excluding carboxylic acids is 2. The first-order valence-corrected chi connectivity index (χ1v) is 12.3.